The molecule has 0 bridgehead atoms. The number of alkyl halides is 3. The third-order valence-corrected chi connectivity index (χ3v) is 6.31. The Kier molecular flexibility index (Phi) is 11.1. The fraction of sp³-hybridized carbons (Fsp3) is 0.476. The molecule has 10 heteroatoms. The van der Waals surface area contributed by atoms with Crippen molar-refractivity contribution in [2.75, 3.05) is 12.4 Å². The Labute approximate surface area is 207 Å². The Bertz CT molecular complexity index is 787. The lowest BCUT2D eigenvalue weighted by molar-refractivity contribution is -0.143. The molecule has 2 atom stereocenters. The zero-order chi connectivity index (χ0) is 22.9. The van der Waals surface area contributed by atoms with Gasteiger partial charge in [-0.2, -0.15) is 0 Å². The molecule has 1 heterocycles. The van der Waals surface area contributed by atoms with Crippen LogP contribution in [0.25, 0.3) is 0 Å². The molecule has 0 aliphatic carbocycles. The predicted octanol–water partition coefficient (Wildman–Crippen LogP) is 4.85. The summed E-state index contributed by atoms with van der Waals surface area (Å²) < 4.78 is 3.75. The van der Waals surface area contributed by atoms with Crippen LogP contribution in [-0.2, 0) is 20.7 Å². The fourth-order valence-corrected chi connectivity index (χ4v) is 4.60. The van der Waals surface area contributed by atoms with Crippen LogP contribution in [0.5, 0.6) is 0 Å². The van der Waals surface area contributed by atoms with Gasteiger partial charge in [-0.15, -0.1) is 0 Å². The van der Waals surface area contributed by atoms with Gasteiger partial charge in [-0.3, -0.25) is 14.5 Å². The zero-order valence-electron chi connectivity index (χ0n) is 16.7. The summed E-state index contributed by atoms with van der Waals surface area (Å²) in [6.45, 7) is -0.303. The van der Waals surface area contributed by atoms with Crippen molar-refractivity contribution in [3.8, 4) is 0 Å². The number of nitrogens with zero attached hydrogens (tertiary/aromatic N) is 1. The van der Waals surface area contributed by atoms with E-state index >= 15 is 0 Å². The van der Waals surface area contributed by atoms with Crippen LogP contribution in [0, 0.1) is 0 Å². The molecule has 2 rings (SSSR count). The van der Waals surface area contributed by atoms with Crippen LogP contribution in [0.4, 0.5) is 0 Å². The average molecular weight is 525 g/mol. The molecule has 0 aromatic heterocycles. The van der Waals surface area contributed by atoms with Crippen molar-refractivity contribution in [2.45, 2.75) is 48.0 Å². The second-order valence-electron chi connectivity index (χ2n) is 7.06. The Hall–Kier alpha value is -0.830. The smallest absolute Gasteiger partial charge is 0.306 e. The van der Waals surface area contributed by atoms with E-state index in [1.165, 1.54) is 11.8 Å². The maximum absolute atomic E-state index is 12.7. The van der Waals surface area contributed by atoms with Crippen molar-refractivity contribution in [1.29, 1.82) is 0 Å². The van der Waals surface area contributed by atoms with E-state index in [1.54, 1.807) is 17.1 Å². The molecule has 5 nitrogen and oxygen atoms in total. The summed E-state index contributed by atoms with van der Waals surface area (Å²) in [4.78, 5) is 25.9. The summed E-state index contributed by atoms with van der Waals surface area (Å²) in [5, 5.41) is 10.2. The molecule has 1 amide bonds. The highest BCUT2D eigenvalue weighted by Crippen LogP contribution is 2.28. The van der Waals surface area contributed by atoms with Crippen LogP contribution in [-0.4, -0.2) is 54.5 Å². The monoisotopic (exact) mass is 523 g/mol. The van der Waals surface area contributed by atoms with Gasteiger partial charge in [0, 0.05) is 12.2 Å². The summed E-state index contributed by atoms with van der Waals surface area (Å²) in [6.07, 6.45) is 4.22. The maximum Gasteiger partial charge on any atom is 0.306 e. The third-order valence-electron chi connectivity index (χ3n) is 4.44. The number of thiocarbonyl (C=S) groups is 1. The number of aliphatic hydroxyl groups excluding tert-OH is 1. The van der Waals surface area contributed by atoms with E-state index in [4.69, 9.17) is 51.8 Å². The number of hydrogen-bond acceptors (Lipinski definition) is 6. The van der Waals surface area contributed by atoms with Gasteiger partial charge in [0.1, 0.15) is 10.9 Å². The van der Waals surface area contributed by atoms with Gasteiger partial charge in [-0.05, 0) is 24.8 Å². The number of aliphatic hydroxyl groups is 1. The number of carbonyl (C=O) groups excluding carboxylic acids is 2. The second-order valence-corrected chi connectivity index (χ2v) is 11.2. The Morgan fingerprint density at radius 1 is 1.29 bits per heavy atom. The molecule has 1 saturated heterocycles. The highest BCUT2D eigenvalue weighted by atomic mass is 35.6. The minimum atomic E-state index is -1.63. The first-order chi connectivity index (χ1) is 14.7. The minimum Gasteiger partial charge on any atom is -0.461 e. The van der Waals surface area contributed by atoms with E-state index in [0.29, 0.717) is 17.2 Å². The number of amides is 1. The van der Waals surface area contributed by atoms with Crippen LogP contribution < -0.4 is 0 Å². The maximum atomic E-state index is 12.7. The minimum absolute atomic E-state index is 0.00569. The Morgan fingerprint density at radius 2 is 2.00 bits per heavy atom. The number of benzene rings is 1. The van der Waals surface area contributed by atoms with Gasteiger partial charge in [0.25, 0.3) is 0 Å². The number of thioether (sulfide) groups is 1. The number of esters is 1. The third kappa shape index (κ3) is 10.1. The summed E-state index contributed by atoms with van der Waals surface area (Å²) >= 11 is 23.4. The summed E-state index contributed by atoms with van der Waals surface area (Å²) in [6, 6.07) is 9.95. The van der Waals surface area contributed by atoms with Crippen molar-refractivity contribution in [3.63, 3.8) is 0 Å². The Balaban J connectivity index is 1.73. The molecule has 1 aromatic rings. The number of allylic oxidation sites excluding steroid dienone is 1. The molecule has 31 heavy (non-hydrogen) atoms. The first-order valence-electron chi connectivity index (χ1n) is 9.74. The molecule has 0 radical (unpaired) electrons. The molecular formula is C21H24Cl3NO4S2. The number of hydrogen-bond donors (Lipinski definition) is 1. The van der Waals surface area contributed by atoms with Crippen molar-refractivity contribution in [1.82, 2.24) is 4.90 Å². The van der Waals surface area contributed by atoms with E-state index in [-0.39, 0.29) is 31.4 Å². The quantitative estimate of drug-likeness (QED) is 0.204. The second kappa shape index (κ2) is 13.0. The topological polar surface area (TPSA) is 66.8 Å². The first-order valence-corrected chi connectivity index (χ1v) is 12.3. The summed E-state index contributed by atoms with van der Waals surface area (Å²) in [5.41, 5.74) is 1.14. The zero-order valence-corrected chi connectivity index (χ0v) is 20.6. The molecule has 0 spiro atoms. The van der Waals surface area contributed by atoms with Crippen molar-refractivity contribution in [2.24, 2.45) is 0 Å². The Morgan fingerprint density at radius 3 is 2.68 bits per heavy atom. The largest absolute Gasteiger partial charge is 0.461 e. The number of rotatable bonds is 10. The fourth-order valence-electron chi connectivity index (χ4n) is 2.99. The van der Waals surface area contributed by atoms with Gasteiger partial charge >= 0.3 is 5.97 Å². The van der Waals surface area contributed by atoms with Gasteiger partial charge in [-0.1, -0.05) is 101 Å². The molecule has 0 saturated carbocycles. The van der Waals surface area contributed by atoms with Crippen molar-refractivity contribution < 1.29 is 19.4 Å². The van der Waals surface area contributed by atoms with E-state index in [0.717, 1.165) is 17.7 Å². The van der Waals surface area contributed by atoms with Crippen LogP contribution >= 0.6 is 58.8 Å². The summed E-state index contributed by atoms with van der Waals surface area (Å²) in [7, 11) is 0. The molecule has 1 aliphatic rings. The van der Waals surface area contributed by atoms with Crippen LogP contribution in [0.15, 0.2) is 42.5 Å². The molecule has 1 aliphatic heterocycles. The van der Waals surface area contributed by atoms with E-state index in [1.807, 2.05) is 30.3 Å². The SMILES string of the molecule is O=C(CCC=CCC(O)CC(=O)N1C(=S)SCC1Cc1ccccc1)OCC(Cl)(Cl)Cl. The van der Waals surface area contributed by atoms with Crippen molar-refractivity contribution >= 4 is 75.0 Å². The number of ether oxygens (including phenoxy) is 1. The normalized spacial score (nSPS) is 17.9. The highest BCUT2D eigenvalue weighted by Gasteiger charge is 2.34. The lowest BCUT2D eigenvalue weighted by atomic mass is 10.1. The molecule has 1 fully saturated rings. The molecule has 1 aromatic carbocycles. The lowest BCUT2D eigenvalue weighted by Gasteiger charge is -2.24. The van der Waals surface area contributed by atoms with Gasteiger partial charge in [-0.25, -0.2) is 0 Å². The molecule has 170 valence electrons. The first kappa shape index (κ1) is 26.4. The summed E-state index contributed by atoms with van der Waals surface area (Å²) in [5.74, 6) is 0.104. The van der Waals surface area contributed by atoms with E-state index < -0.39 is 15.9 Å². The van der Waals surface area contributed by atoms with E-state index in [2.05, 4.69) is 0 Å². The van der Waals surface area contributed by atoms with Crippen LogP contribution in [0.1, 0.15) is 31.2 Å². The van der Waals surface area contributed by atoms with Crippen molar-refractivity contribution in [3.05, 3.63) is 48.0 Å². The lowest BCUT2D eigenvalue weighted by Crippen LogP contribution is -2.41. The predicted molar refractivity (Wildman–Crippen MR) is 131 cm³/mol. The van der Waals surface area contributed by atoms with Crippen LogP contribution in [0.3, 0.4) is 0 Å². The molecule has 2 unspecified atom stereocenters. The highest BCUT2D eigenvalue weighted by molar-refractivity contribution is 8.23. The van der Waals surface area contributed by atoms with Gasteiger partial charge < -0.3 is 9.84 Å². The number of halogens is 3. The van der Waals surface area contributed by atoms with E-state index in [9.17, 15) is 14.7 Å². The van der Waals surface area contributed by atoms with Gasteiger partial charge in [0.05, 0.1) is 18.6 Å². The van der Waals surface area contributed by atoms with Gasteiger partial charge in [0.2, 0.25) is 9.70 Å². The van der Waals surface area contributed by atoms with Gasteiger partial charge in [0.15, 0.2) is 0 Å². The average Bonchev–Trinajstić information content (AvgIpc) is 3.06. The molecular weight excluding hydrogens is 501 g/mol. The molecule has 1 N–H and O–H groups in total. The standard InChI is InChI=1S/C21H24Cl3NO4S2/c22-21(23,24)14-29-19(28)10-6-2-5-9-17(26)12-18(27)25-16(13-31-20(25)30)11-15-7-3-1-4-8-15/h1-5,7-8,16-17,26H,6,9-14H2. The van der Waals surface area contributed by atoms with Crippen LogP contribution in [0.2, 0.25) is 0 Å². The number of carbonyl (C=O) groups is 2.